The SMILES string of the molecule is [N-]=[N+]=NCCOP(=O)(O)OP(=O)(O)OC[C@H]1O[C@@H](n2cnc3c(=O)[nH]c(N)nc32)[C@@H](O)C1O. The number of nitrogens with two attached hydrogens (primary N) is 1. The number of aromatic nitrogens is 4. The van der Waals surface area contributed by atoms with Crippen LogP contribution in [0.5, 0.6) is 0 Å². The lowest BCUT2D eigenvalue weighted by atomic mass is 10.1. The molecule has 7 N–H and O–H groups in total. The van der Waals surface area contributed by atoms with Crippen LogP contribution in [-0.2, 0) is 27.2 Å². The number of hydrogen-bond donors (Lipinski definition) is 6. The number of aliphatic hydroxyl groups is 2. The second-order valence-electron chi connectivity index (χ2n) is 6.42. The Hall–Kier alpha value is -2.40. The fourth-order valence-electron chi connectivity index (χ4n) is 2.81. The highest BCUT2D eigenvalue weighted by Crippen LogP contribution is 2.60. The number of phosphoric acid groups is 2. The van der Waals surface area contributed by atoms with Gasteiger partial charge in [-0.15, -0.1) is 0 Å². The van der Waals surface area contributed by atoms with E-state index >= 15 is 0 Å². The summed E-state index contributed by atoms with van der Waals surface area (Å²) in [6.45, 7) is -1.81. The molecule has 2 aromatic heterocycles. The number of nitrogen functional groups attached to an aromatic ring is 1. The smallest absolute Gasteiger partial charge is 0.387 e. The van der Waals surface area contributed by atoms with Crippen molar-refractivity contribution in [2.45, 2.75) is 24.5 Å². The molecule has 1 aliphatic heterocycles. The van der Waals surface area contributed by atoms with Crippen LogP contribution >= 0.6 is 15.6 Å². The molecule has 0 aromatic carbocycles. The molecule has 3 unspecified atom stereocenters. The zero-order valence-electron chi connectivity index (χ0n) is 16.3. The highest BCUT2D eigenvalue weighted by atomic mass is 31.3. The number of anilines is 1. The van der Waals surface area contributed by atoms with E-state index in [1.807, 2.05) is 0 Å². The quantitative estimate of drug-likeness (QED) is 0.0723. The molecule has 0 spiro atoms. The van der Waals surface area contributed by atoms with Crippen molar-refractivity contribution in [3.05, 3.63) is 27.1 Å². The second-order valence-corrected chi connectivity index (χ2v) is 9.47. The van der Waals surface area contributed by atoms with Gasteiger partial charge >= 0.3 is 15.6 Å². The Morgan fingerprint density at radius 1 is 1.30 bits per heavy atom. The molecule has 0 aliphatic carbocycles. The number of imidazole rings is 1. The summed E-state index contributed by atoms with van der Waals surface area (Å²) in [6.07, 6.45) is -4.95. The number of aromatic amines is 1. The number of rotatable bonds is 10. The highest BCUT2D eigenvalue weighted by molar-refractivity contribution is 7.61. The molecular weight excluding hydrogens is 494 g/mol. The molecule has 6 atom stereocenters. The van der Waals surface area contributed by atoms with Crippen molar-refractivity contribution in [2.24, 2.45) is 5.11 Å². The van der Waals surface area contributed by atoms with Crippen molar-refractivity contribution >= 4 is 32.8 Å². The predicted molar refractivity (Wildman–Crippen MR) is 105 cm³/mol. The van der Waals surface area contributed by atoms with E-state index < -0.39 is 59.0 Å². The number of ether oxygens (including phenoxy) is 1. The van der Waals surface area contributed by atoms with E-state index in [2.05, 4.69) is 38.3 Å². The van der Waals surface area contributed by atoms with Gasteiger partial charge in [-0.25, -0.2) is 14.1 Å². The van der Waals surface area contributed by atoms with Gasteiger partial charge in [-0.3, -0.25) is 23.4 Å². The number of fused-ring (bicyclic) bond motifs is 1. The average Bonchev–Trinajstić information content (AvgIpc) is 3.25. The molecule has 3 heterocycles. The molecule has 0 amide bonds. The number of hydrogen-bond acceptors (Lipinski definition) is 13. The zero-order chi connectivity index (χ0) is 24.4. The average molecular weight is 512 g/mol. The molecule has 182 valence electrons. The monoisotopic (exact) mass is 512 g/mol. The number of nitrogens with one attached hydrogen (secondary N) is 1. The fraction of sp³-hybridized carbons (Fsp3) is 0.583. The maximum atomic E-state index is 12.0. The molecule has 0 bridgehead atoms. The van der Waals surface area contributed by atoms with E-state index in [9.17, 15) is 33.9 Å². The number of aliphatic hydroxyl groups excluding tert-OH is 2. The lowest BCUT2D eigenvalue weighted by Gasteiger charge is -2.19. The number of nitrogens with zero attached hydrogens (tertiary/aromatic N) is 6. The second kappa shape index (κ2) is 9.84. The topological polar surface area (TPSA) is 290 Å². The maximum absolute atomic E-state index is 12.0. The van der Waals surface area contributed by atoms with Crippen molar-refractivity contribution in [1.82, 2.24) is 19.5 Å². The van der Waals surface area contributed by atoms with Crippen LogP contribution < -0.4 is 11.3 Å². The Bertz CT molecular complexity index is 1210. The summed E-state index contributed by atoms with van der Waals surface area (Å²) >= 11 is 0. The third-order valence-corrected chi connectivity index (χ3v) is 6.81. The Labute approximate surface area is 182 Å². The molecule has 0 saturated carbocycles. The Kier molecular flexibility index (Phi) is 7.52. The Morgan fingerprint density at radius 3 is 2.70 bits per heavy atom. The van der Waals surface area contributed by atoms with Crippen LogP contribution in [0.15, 0.2) is 16.2 Å². The van der Waals surface area contributed by atoms with Gasteiger partial charge in [-0.1, -0.05) is 5.11 Å². The fourth-order valence-corrected chi connectivity index (χ4v) is 4.88. The standard InChI is InChI=1S/C12H18N8O11P2/c13-12-17-9-6(10(23)18-12)15-4-20(9)11-8(22)7(21)5(30-11)3-29-33(26,27)31-32(24,25)28-2-1-16-19-14/h4-5,7-8,11,21-22H,1-3H2,(H,24,25)(H,26,27)(H3,13,17,18,23)/t5-,7?,8+,11-/m1/s1. The summed E-state index contributed by atoms with van der Waals surface area (Å²) in [4.78, 5) is 43.3. The summed E-state index contributed by atoms with van der Waals surface area (Å²) < 4.78 is 43.2. The van der Waals surface area contributed by atoms with Crippen molar-refractivity contribution < 1.29 is 47.2 Å². The van der Waals surface area contributed by atoms with Crippen LogP contribution in [0, 0.1) is 0 Å². The van der Waals surface area contributed by atoms with Gasteiger partial charge in [-0.2, -0.15) is 9.29 Å². The molecule has 19 nitrogen and oxygen atoms in total. The molecule has 33 heavy (non-hydrogen) atoms. The molecule has 2 aromatic rings. The first kappa shape index (κ1) is 25.2. The van der Waals surface area contributed by atoms with Crippen LogP contribution in [0.25, 0.3) is 21.6 Å². The minimum absolute atomic E-state index is 0.0654. The van der Waals surface area contributed by atoms with Gasteiger partial charge in [0.15, 0.2) is 17.4 Å². The lowest BCUT2D eigenvalue weighted by Crippen LogP contribution is -2.33. The summed E-state index contributed by atoms with van der Waals surface area (Å²) in [5.41, 5.74) is 12.8. The molecule has 3 rings (SSSR count). The van der Waals surface area contributed by atoms with Crippen LogP contribution in [0.1, 0.15) is 6.23 Å². The van der Waals surface area contributed by atoms with Crippen molar-refractivity contribution in [3.63, 3.8) is 0 Å². The van der Waals surface area contributed by atoms with Crippen molar-refractivity contribution in [2.75, 3.05) is 25.5 Å². The number of H-pyrrole nitrogens is 1. The van der Waals surface area contributed by atoms with E-state index in [0.29, 0.717) is 0 Å². The first-order valence-corrected chi connectivity index (χ1v) is 11.8. The largest absolute Gasteiger partial charge is 0.481 e. The number of phosphoric ester groups is 2. The van der Waals surface area contributed by atoms with Gasteiger partial charge in [0, 0.05) is 11.5 Å². The third kappa shape index (κ3) is 5.94. The zero-order valence-corrected chi connectivity index (χ0v) is 18.1. The van der Waals surface area contributed by atoms with Crippen LogP contribution in [0.4, 0.5) is 5.95 Å². The van der Waals surface area contributed by atoms with Crippen molar-refractivity contribution in [1.29, 1.82) is 0 Å². The van der Waals surface area contributed by atoms with Crippen LogP contribution in [0.3, 0.4) is 0 Å². The normalized spacial score (nSPS) is 26.5. The summed E-state index contributed by atoms with van der Waals surface area (Å²) in [6, 6.07) is 0. The van der Waals surface area contributed by atoms with Gasteiger partial charge in [0.05, 0.1) is 19.5 Å². The number of azide groups is 1. The molecule has 1 aliphatic rings. The Morgan fingerprint density at radius 2 is 2.00 bits per heavy atom. The minimum atomic E-state index is -5.21. The van der Waals surface area contributed by atoms with Gasteiger partial charge in [-0.05, 0) is 5.53 Å². The summed E-state index contributed by atoms with van der Waals surface area (Å²) in [7, 11) is -10.3. The Balaban J connectivity index is 1.66. The van der Waals surface area contributed by atoms with E-state index in [1.54, 1.807) is 0 Å². The molecule has 1 fully saturated rings. The highest BCUT2D eigenvalue weighted by Gasteiger charge is 2.46. The summed E-state index contributed by atoms with van der Waals surface area (Å²) in [5, 5.41) is 23.6. The van der Waals surface area contributed by atoms with Crippen LogP contribution in [-0.4, -0.2) is 77.6 Å². The predicted octanol–water partition coefficient (Wildman–Crippen LogP) is -1.12. The minimum Gasteiger partial charge on any atom is -0.387 e. The van der Waals surface area contributed by atoms with Crippen LogP contribution in [0.2, 0.25) is 0 Å². The van der Waals surface area contributed by atoms with E-state index in [1.165, 1.54) is 0 Å². The van der Waals surface area contributed by atoms with E-state index in [4.69, 9.17) is 16.0 Å². The summed E-state index contributed by atoms with van der Waals surface area (Å²) in [5.74, 6) is -0.240. The first-order chi connectivity index (χ1) is 15.4. The lowest BCUT2D eigenvalue weighted by molar-refractivity contribution is -0.0504. The third-order valence-electron chi connectivity index (χ3n) is 4.18. The van der Waals surface area contributed by atoms with E-state index in [0.717, 1.165) is 10.9 Å². The van der Waals surface area contributed by atoms with E-state index in [-0.39, 0.29) is 23.7 Å². The maximum Gasteiger partial charge on any atom is 0.481 e. The molecule has 1 saturated heterocycles. The van der Waals surface area contributed by atoms with Gasteiger partial charge < -0.3 is 30.5 Å². The van der Waals surface area contributed by atoms with Gasteiger partial charge in [0.25, 0.3) is 5.56 Å². The van der Waals surface area contributed by atoms with Gasteiger partial charge in [0.2, 0.25) is 5.95 Å². The van der Waals surface area contributed by atoms with Gasteiger partial charge in [0.1, 0.15) is 18.3 Å². The van der Waals surface area contributed by atoms with Crippen molar-refractivity contribution in [3.8, 4) is 0 Å². The molecule has 0 radical (unpaired) electrons. The first-order valence-electron chi connectivity index (χ1n) is 8.85. The molecule has 21 heteroatoms. The molecular formula is C12H18N8O11P2.